The molecule has 1 fully saturated rings. The highest BCUT2D eigenvalue weighted by molar-refractivity contribution is 9.10. The molecule has 0 amide bonds. The first-order valence-electron chi connectivity index (χ1n) is 6.63. The van der Waals surface area contributed by atoms with Crippen LogP contribution in [-0.4, -0.2) is 52.3 Å². The van der Waals surface area contributed by atoms with Gasteiger partial charge in [-0.2, -0.15) is 5.10 Å². The van der Waals surface area contributed by atoms with Gasteiger partial charge in [0.05, 0.1) is 15.9 Å². The minimum atomic E-state index is 0.687. The zero-order chi connectivity index (χ0) is 13.3. The van der Waals surface area contributed by atoms with E-state index in [1.54, 1.807) is 0 Å². The van der Waals surface area contributed by atoms with Crippen molar-refractivity contribution in [1.82, 2.24) is 19.6 Å². The zero-order valence-electron chi connectivity index (χ0n) is 11.8. The van der Waals surface area contributed by atoms with Crippen molar-refractivity contribution < 1.29 is 0 Å². The lowest BCUT2D eigenvalue weighted by atomic mass is 10.1. The maximum Gasteiger partial charge on any atom is 0.0739 e. The van der Waals surface area contributed by atoms with Crippen molar-refractivity contribution >= 4 is 15.9 Å². The third kappa shape index (κ3) is 2.78. The number of likely N-dealkylation sites (N-methyl/N-ethyl adjacent to an activating group) is 1. The van der Waals surface area contributed by atoms with Gasteiger partial charge in [-0.1, -0.05) is 6.92 Å². The van der Waals surface area contributed by atoms with E-state index in [0.717, 1.165) is 36.3 Å². The molecule has 1 saturated heterocycles. The van der Waals surface area contributed by atoms with Gasteiger partial charge in [-0.15, -0.1) is 0 Å². The van der Waals surface area contributed by atoms with Crippen LogP contribution in [0.5, 0.6) is 0 Å². The highest BCUT2D eigenvalue weighted by Gasteiger charge is 2.24. The Morgan fingerprint density at radius 1 is 1.33 bits per heavy atom. The Labute approximate surface area is 118 Å². The quantitative estimate of drug-likeness (QED) is 0.853. The molecule has 0 radical (unpaired) electrons. The topological polar surface area (TPSA) is 24.3 Å². The summed E-state index contributed by atoms with van der Waals surface area (Å²) in [4.78, 5) is 5.01. The van der Waals surface area contributed by atoms with Crippen LogP contribution in [0.1, 0.15) is 24.7 Å². The molecule has 0 aromatic carbocycles. The van der Waals surface area contributed by atoms with Crippen LogP contribution in [0.15, 0.2) is 4.47 Å². The van der Waals surface area contributed by atoms with E-state index in [1.807, 2.05) is 18.7 Å². The summed E-state index contributed by atoms with van der Waals surface area (Å²) in [5.41, 5.74) is 2.36. The number of nitrogens with zero attached hydrogens (tertiary/aromatic N) is 4. The predicted molar refractivity (Wildman–Crippen MR) is 77.6 cm³/mol. The number of aromatic nitrogens is 2. The molecule has 1 aromatic heterocycles. The maximum atomic E-state index is 4.46. The predicted octanol–water partition coefficient (Wildman–Crippen LogP) is 2.02. The number of halogens is 1. The van der Waals surface area contributed by atoms with Gasteiger partial charge >= 0.3 is 0 Å². The second-order valence-electron chi connectivity index (χ2n) is 5.25. The smallest absolute Gasteiger partial charge is 0.0739 e. The third-order valence-electron chi connectivity index (χ3n) is 3.97. The molecule has 0 spiro atoms. The van der Waals surface area contributed by atoms with E-state index in [-0.39, 0.29) is 0 Å². The van der Waals surface area contributed by atoms with E-state index in [2.05, 4.69) is 44.8 Å². The van der Waals surface area contributed by atoms with Gasteiger partial charge in [-0.3, -0.25) is 9.58 Å². The molecule has 1 atom stereocenters. The van der Waals surface area contributed by atoms with Gasteiger partial charge in [-0.05, 0) is 36.3 Å². The molecule has 18 heavy (non-hydrogen) atoms. The summed E-state index contributed by atoms with van der Waals surface area (Å²) in [5, 5.41) is 4.46. The van der Waals surface area contributed by atoms with E-state index < -0.39 is 0 Å². The van der Waals surface area contributed by atoms with E-state index in [4.69, 9.17) is 0 Å². The molecule has 1 unspecified atom stereocenters. The molecule has 0 saturated carbocycles. The fourth-order valence-electron chi connectivity index (χ4n) is 2.66. The Morgan fingerprint density at radius 2 is 2.06 bits per heavy atom. The lowest BCUT2D eigenvalue weighted by Crippen LogP contribution is -2.50. The summed E-state index contributed by atoms with van der Waals surface area (Å²) in [6.07, 6.45) is 1.22. The number of hydrogen-bond donors (Lipinski definition) is 0. The van der Waals surface area contributed by atoms with Gasteiger partial charge in [0, 0.05) is 39.3 Å². The molecule has 2 heterocycles. The largest absolute Gasteiger partial charge is 0.301 e. The van der Waals surface area contributed by atoms with E-state index in [1.165, 1.54) is 12.1 Å². The van der Waals surface area contributed by atoms with Crippen LogP contribution >= 0.6 is 15.9 Å². The highest BCUT2D eigenvalue weighted by Crippen LogP contribution is 2.23. The Balaban J connectivity index is 2.05. The molecule has 0 N–H and O–H groups in total. The Bertz CT molecular complexity index is 415. The minimum absolute atomic E-state index is 0.687. The fraction of sp³-hybridized carbons (Fsp3) is 0.769. The molecule has 1 aromatic rings. The molecular formula is C13H23BrN4. The number of piperazine rings is 1. The summed E-state index contributed by atoms with van der Waals surface area (Å²) in [6.45, 7) is 8.77. The summed E-state index contributed by atoms with van der Waals surface area (Å²) >= 11 is 3.65. The Morgan fingerprint density at radius 3 is 2.61 bits per heavy atom. The van der Waals surface area contributed by atoms with Crippen LogP contribution in [0.25, 0.3) is 0 Å². The molecule has 1 aliphatic heterocycles. The molecule has 1 aliphatic rings. The molecule has 102 valence electrons. The average Bonchev–Trinajstić information content (AvgIpc) is 2.58. The number of hydrogen-bond acceptors (Lipinski definition) is 3. The van der Waals surface area contributed by atoms with Gasteiger partial charge in [0.25, 0.3) is 0 Å². The molecule has 0 aliphatic carbocycles. The van der Waals surface area contributed by atoms with Crippen LogP contribution in [0, 0.1) is 6.92 Å². The normalized spacial score (nSPS) is 22.6. The Hall–Kier alpha value is -0.390. The van der Waals surface area contributed by atoms with Gasteiger partial charge < -0.3 is 4.90 Å². The summed E-state index contributed by atoms with van der Waals surface area (Å²) in [5.74, 6) is 0. The van der Waals surface area contributed by atoms with Crippen molar-refractivity contribution in [2.45, 2.75) is 32.9 Å². The highest BCUT2D eigenvalue weighted by atomic mass is 79.9. The van der Waals surface area contributed by atoms with Crippen molar-refractivity contribution in [2.24, 2.45) is 7.05 Å². The van der Waals surface area contributed by atoms with Crippen molar-refractivity contribution in [3.8, 4) is 0 Å². The molecule has 2 rings (SSSR count). The van der Waals surface area contributed by atoms with Crippen molar-refractivity contribution in [1.29, 1.82) is 0 Å². The second kappa shape index (κ2) is 5.72. The first-order valence-corrected chi connectivity index (χ1v) is 7.42. The number of rotatable bonds is 3. The maximum absolute atomic E-state index is 4.46. The van der Waals surface area contributed by atoms with Gasteiger partial charge in [0.1, 0.15) is 0 Å². The van der Waals surface area contributed by atoms with E-state index in [9.17, 15) is 0 Å². The lowest BCUT2D eigenvalue weighted by molar-refractivity contribution is 0.0865. The molecular weight excluding hydrogens is 292 g/mol. The van der Waals surface area contributed by atoms with Crippen LogP contribution in [-0.2, 0) is 13.6 Å². The van der Waals surface area contributed by atoms with E-state index in [0.29, 0.717) is 6.04 Å². The van der Waals surface area contributed by atoms with Gasteiger partial charge in [0.15, 0.2) is 0 Å². The summed E-state index contributed by atoms with van der Waals surface area (Å²) < 4.78 is 3.16. The van der Waals surface area contributed by atoms with Crippen LogP contribution < -0.4 is 0 Å². The minimum Gasteiger partial charge on any atom is -0.301 e. The first-order chi connectivity index (χ1) is 8.52. The molecule has 5 heteroatoms. The van der Waals surface area contributed by atoms with Crippen LogP contribution in [0.4, 0.5) is 0 Å². The zero-order valence-corrected chi connectivity index (χ0v) is 13.4. The monoisotopic (exact) mass is 314 g/mol. The molecule has 0 bridgehead atoms. The molecule has 4 nitrogen and oxygen atoms in total. The van der Waals surface area contributed by atoms with Crippen molar-refractivity contribution in [2.75, 3.05) is 26.7 Å². The SMILES string of the molecule is CCC1CN(Cc2c(Br)c(C)nn2C)CCN1C. The lowest BCUT2D eigenvalue weighted by Gasteiger charge is -2.39. The Kier molecular flexibility index (Phi) is 4.45. The van der Waals surface area contributed by atoms with E-state index >= 15 is 0 Å². The number of aryl methyl sites for hydroxylation is 2. The van der Waals surface area contributed by atoms with Gasteiger partial charge in [-0.25, -0.2) is 0 Å². The summed E-state index contributed by atoms with van der Waals surface area (Å²) in [7, 11) is 4.26. The first kappa shape index (κ1) is 14.0. The standard InChI is InChI=1S/C13H23BrN4/c1-5-11-8-18(7-6-16(11)3)9-12-13(14)10(2)15-17(12)4/h11H,5-9H2,1-4H3. The summed E-state index contributed by atoms with van der Waals surface area (Å²) in [6, 6.07) is 0.687. The fourth-order valence-corrected chi connectivity index (χ4v) is 3.12. The van der Waals surface area contributed by atoms with Crippen LogP contribution in [0.3, 0.4) is 0 Å². The average molecular weight is 315 g/mol. The second-order valence-corrected chi connectivity index (χ2v) is 6.04. The van der Waals surface area contributed by atoms with Crippen molar-refractivity contribution in [3.63, 3.8) is 0 Å². The van der Waals surface area contributed by atoms with Crippen molar-refractivity contribution in [3.05, 3.63) is 15.9 Å². The van der Waals surface area contributed by atoms with Crippen LogP contribution in [0.2, 0.25) is 0 Å². The third-order valence-corrected chi connectivity index (χ3v) is 5.00. The van der Waals surface area contributed by atoms with Gasteiger partial charge in [0.2, 0.25) is 0 Å².